The second-order valence-corrected chi connectivity index (χ2v) is 4.87. The molecule has 0 fully saturated rings. The average Bonchev–Trinajstić information content (AvgIpc) is 2.39. The van der Waals surface area contributed by atoms with Gasteiger partial charge in [0, 0.05) is 7.05 Å². The van der Waals surface area contributed by atoms with E-state index < -0.39 is 11.5 Å². The molecular weight excluding hydrogens is 265 g/mol. The molecule has 0 unspecified atom stereocenters. The number of hydrogen-bond acceptors (Lipinski definition) is 3. The summed E-state index contributed by atoms with van der Waals surface area (Å²) in [4.78, 5) is 24.1. The van der Waals surface area contributed by atoms with Crippen LogP contribution in [-0.2, 0) is 9.59 Å². The van der Waals surface area contributed by atoms with Crippen molar-refractivity contribution in [1.82, 2.24) is 4.90 Å². The van der Waals surface area contributed by atoms with E-state index in [-0.39, 0.29) is 24.8 Å². The number of carboxylic acid groups (broad SMARTS) is 1. The molecule has 1 aromatic carbocycles. The van der Waals surface area contributed by atoms with Crippen molar-refractivity contribution < 1.29 is 23.8 Å². The largest absolute Gasteiger partial charge is 0.493 e. The van der Waals surface area contributed by atoms with Crippen LogP contribution in [0, 0.1) is 5.82 Å². The number of benzene rings is 1. The molecule has 1 rings (SSSR count). The van der Waals surface area contributed by atoms with Crippen LogP contribution in [-0.4, -0.2) is 41.1 Å². The highest BCUT2D eigenvalue weighted by Gasteiger charge is 2.34. The lowest BCUT2D eigenvalue weighted by Crippen LogP contribution is -2.51. The molecule has 1 N–H and O–H groups in total. The van der Waals surface area contributed by atoms with E-state index in [9.17, 15) is 14.0 Å². The number of aliphatic carboxylic acids is 1. The van der Waals surface area contributed by atoms with Gasteiger partial charge in [-0.2, -0.15) is 0 Å². The highest BCUT2D eigenvalue weighted by atomic mass is 19.1. The summed E-state index contributed by atoms with van der Waals surface area (Å²) in [6.45, 7) is 3.01. The SMILES string of the molecule is CN(C(=O)CCOc1ccc(F)cc1)C(C)(C)C(=O)O. The molecule has 0 saturated heterocycles. The quantitative estimate of drug-likeness (QED) is 0.866. The summed E-state index contributed by atoms with van der Waals surface area (Å²) in [6, 6.07) is 5.45. The molecule has 0 bridgehead atoms. The van der Waals surface area contributed by atoms with Crippen LogP contribution in [0.3, 0.4) is 0 Å². The van der Waals surface area contributed by atoms with E-state index in [0.717, 1.165) is 0 Å². The van der Waals surface area contributed by atoms with E-state index >= 15 is 0 Å². The van der Waals surface area contributed by atoms with Gasteiger partial charge in [-0.1, -0.05) is 0 Å². The van der Waals surface area contributed by atoms with Crippen molar-refractivity contribution in [2.24, 2.45) is 0 Å². The van der Waals surface area contributed by atoms with Gasteiger partial charge in [0.1, 0.15) is 17.1 Å². The standard InChI is InChI=1S/C14H18FNO4/c1-14(2,13(18)19)16(3)12(17)8-9-20-11-6-4-10(15)5-7-11/h4-7H,8-9H2,1-3H3,(H,18,19). The van der Waals surface area contributed by atoms with Gasteiger partial charge in [0.15, 0.2) is 0 Å². The van der Waals surface area contributed by atoms with Gasteiger partial charge < -0.3 is 14.7 Å². The molecular formula is C14H18FNO4. The Bertz CT molecular complexity index is 484. The number of likely N-dealkylation sites (N-methyl/N-ethyl adjacent to an activating group) is 1. The first-order valence-corrected chi connectivity index (χ1v) is 6.13. The van der Waals surface area contributed by atoms with Gasteiger partial charge in [-0.3, -0.25) is 4.79 Å². The third kappa shape index (κ3) is 3.94. The normalized spacial score (nSPS) is 11.0. The van der Waals surface area contributed by atoms with Crippen LogP contribution >= 0.6 is 0 Å². The molecule has 0 heterocycles. The molecule has 0 atom stereocenters. The molecule has 0 saturated carbocycles. The first-order valence-electron chi connectivity index (χ1n) is 6.13. The maximum Gasteiger partial charge on any atom is 0.329 e. The van der Waals surface area contributed by atoms with E-state index in [1.807, 2.05) is 0 Å². The van der Waals surface area contributed by atoms with Crippen molar-refractivity contribution in [2.75, 3.05) is 13.7 Å². The fraction of sp³-hybridized carbons (Fsp3) is 0.429. The van der Waals surface area contributed by atoms with Gasteiger partial charge in [0.25, 0.3) is 0 Å². The van der Waals surface area contributed by atoms with Crippen molar-refractivity contribution in [3.8, 4) is 5.75 Å². The van der Waals surface area contributed by atoms with Crippen LogP contribution in [0.4, 0.5) is 4.39 Å². The Hall–Kier alpha value is -2.11. The smallest absolute Gasteiger partial charge is 0.329 e. The monoisotopic (exact) mass is 283 g/mol. The van der Waals surface area contributed by atoms with E-state index in [1.54, 1.807) is 0 Å². The van der Waals surface area contributed by atoms with Crippen molar-refractivity contribution >= 4 is 11.9 Å². The number of hydrogen-bond donors (Lipinski definition) is 1. The van der Waals surface area contributed by atoms with Crippen LogP contribution < -0.4 is 4.74 Å². The first-order chi connectivity index (χ1) is 9.25. The molecule has 0 spiro atoms. The number of halogens is 1. The summed E-state index contributed by atoms with van der Waals surface area (Å²) in [5.74, 6) is -1.32. The molecule has 1 amide bonds. The van der Waals surface area contributed by atoms with Gasteiger partial charge >= 0.3 is 5.97 Å². The molecule has 5 nitrogen and oxygen atoms in total. The van der Waals surface area contributed by atoms with Crippen LogP contribution in [0.2, 0.25) is 0 Å². The number of ether oxygens (including phenoxy) is 1. The number of amides is 1. The topological polar surface area (TPSA) is 66.8 Å². The van der Waals surface area contributed by atoms with Crippen LogP contribution in [0.5, 0.6) is 5.75 Å². The fourth-order valence-electron chi connectivity index (χ4n) is 1.41. The minimum absolute atomic E-state index is 0.0462. The van der Waals surface area contributed by atoms with Crippen molar-refractivity contribution in [3.05, 3.63) is 30.1 Å². The zero-order chi connectivity index (χ0) is 15.3. The van der Waals surface area contributed by atoms with Crippen molar-refractivity contribution in [3.63, 3.8) is 0 Å². The lowest BCUT2D eigenvalue weighted by molar-refractivity contribution is -0.155. The average molecular weight is 283 g/mol. The minimum Gasteiger partial charge on any atom is -0.493 e. The highest BCUT2D eigenvalue weighted by molar-refractivity contribution is 5.86. The first kappa shape index (κ1) is 15.9. The van der Waals surface area contributed by atoms with Crippen LogP contribution in [0.1, 0.15) is 20.3 Å². The number of carboxylic acids is 1. The number of rotatable bonds is 6. The zero-order valence-electron chi connectivity index (χ0n) is 11.7. The molecule has 6 heteroatoms. The van der Waals surface area contributed by atoms with Crippen molar-refractivity contribution in [2.45, 2.75) is 25.8 Å². The third-order valence-electron chi connectivity index (χ3n) is 3.13. The Morgan fingerprint density at radius 3 is 2.35 bits per heavy atom. The van der Waals surface area contributed by atoms with Gasteiger partial charge in [-0.25, -0.2) is 9.18 Å². The summed E-state index contributed by atoms with van der Waals surface area (Å²) < 4.78 is 18.0. The predicted molar refractivity (Wildman–Crippen MR) is 71.0 cm³/mol. The molecule has 0 aromatic heterocycles. The number of carbonyl (C=O) groups excluding carboxylic acids is 1. The van der Waals surface area contributed by atoms with Crippen molar-refractivity contribution in [1.29, 1.82) is 0 Å². The fourth-order valence-corrected chi connectivity index (χ4v) is 1.41. The summed E-state index contributed by atoms with van der Waals surface area (Å²) in [7, 11) is 1.44. The summed E-state index contributed by atoms with van der Waals surface area (Å²) in [5.41, 5.74) is -1.27. The molecule has 0 radical (unpaired) electrons. The van der Waals surface area contributed by atoms with E-state index in [2.05, 4.69) is 0 Å². The number of nitrogens with zero attached hydrogens (tertiary/aromatic N) is 1. The molecule has 20 heavy (non-hydrogen) atoms. The summed E-state index contributed by atoms with van der Waals surface area (Å²) >= 11 is 0. The summed E-state index contributed by atoms with van der Waals surface area (Å²) in [5, 5.41) is 9.03. The lowest BCUT2D eigenvalue weighted by Gasteiger charge is -2.31. The predicted octanol–water partition coefficient (Wildman–Crippen LogP) is 1.92. The second-order valence-electron chi connectivity index (χ2n) is 4.87. The van der Waals surface area contributed by atoms with Gasteiger partial charge in [0.05, 0.1) is 13.0 Å². The van der Waals surface area contributed by atoms with Gasteiger partial charge in [-0.15, -0.1) is 0 Å². The number of carbonyl (C=O) groups is 2. The molecule has 1 aromatic rings. The molecule has 0 aliphatic carbocycles. The Kier molecular flexibility index (Phi) is 5.07. The molecule has 110 valence electrons. The Labute approximate surface area is 117 Å². The lowest BCUT2D eigenvalue weighted by atomic mass is 10.0. The maximum absolute atomic E-state index is 12.7. The zero-order valence-corrected chi connectivity index (χ0v) is 11.7. The maximum atomic E-state index is 12.7. The van der Waals surface area contributed by atoms with E-state index in [4.69, 9.17) is 9.84 Å². The van der Waals surface area contributed by atoms with Crippen LogP contribution in [0.25, 0.3) is 0 Å². The highest BCUT2D eigenvalue weighted by Crippen LogP contribution is 2.15. The van der Waals surface area contributed by atoms with Crippen LogP contribution in [0.15, 0.2) is 24.3 Å². The minimum atomic E-state index is -1.27. The third-order valence-corrected chi connectivity index (χ3v) is 3.13. The molecule has 0 aliphatic rings. The molecule has 0 aliphatic heterocycles. The summed E-state index contributed by atoms with van der Waals surface area (Å²) in [6.07, 6.45) is 0.0462. The van der Waals surface area contributed by atoms with E-state index in [0.29, 0.717) is 5.75 Å². The second kappa shape index (κ2) is 6.36. The Morgan fingerprint density at radius 2 is 1.85 bits per heavy atom. The van der Waals surface area contributed by atoms with Gasteiger partial charge in [0.2, 0.25) is 5.91 Å². The Morgan fingerprint density at radius 1 is 1.30 bits per heavy atom. The Balaban J connectivity index is 2.47. The van der Waals surface area contributed by atoms with Gasteiger partial charge in [-0.05, 0) is 38.1 Å². The van der Waals surface area contributed by atoms with E-state index in [1.165, 1.54) is 50.1 Å².